The van der Waals surface area contributed by atoms with Crippen LogP contribution in [0.15, 0.2) is 85.3 Å². The number of fused-ring (bicyclic) bond motifs is 2. The lowest BCUT2D eigenvalue weighted by Crippen LogP contribution is -2.51. The molecular formula is C33H25F4N5O4. The first-order valence-corrected chi connectivity index (χ1v) is 13.9. The molecule has 9 nitrogen and oxygen atoms in total. The highest BCUT2D eigenvalue weighted by Gasteiger charge is 2.57. The Hall–Kier alpha value is -5.43. The third-order valence-corrected chi connectivity index (χ3v) is 8.07. The molecule has 46 heavy (non-hydrogen) atoms. The number of carbonyl (C=O) groups is 2. The highest BCUT2D eigenvalue weighted by molar-refractivity contribution is 6.03. The van der Waals surface area contributed by atoms with Gasteiger partial charge in [0.05, 0.1) is 17.8 Å². The molecule has 4 N–H and O–H groups in total. The number of alkyl halides is 3. The fraction of sp³-hybridized carbons (Fsp3) is 0.182. The third kappa shape index (κ3) is 5.17. The van der Waals surface area contributed by atoms with Crippen molar-refractivity contribution in [1.29, 1.82) is 0 Å². The van der Waals surface area contributed by atoms with Gasteiger partial charge in [0.15, 0.2) is 0 Å². The molecule has 0 saturated heterocycles. The van der Waals surface area contributed by atoms with E-state index in [1.807, 2.05) is 0 Å². The molecule has 2 atom stereocenters. The Labute approximate surface area is 259 Å². The van der Waals surface area contributed by atoms with Crippen LogP contribution in [0.5, 0.6) is 5.75 Å². The Morgan fingerprint density at radius 3 is 2.46 bits per heavy atom. The molecule has 5 aromatic rings. The number of hydrogen-bond acceptors (Lipinski definition) is 7. The number of nitrogens with two attached hydrogens (primary N) is 1. The second-order valence-electron chi connectivity index (χ2n) is 11.1. The predicted molar refractivity (Wildman–Crippen MR) is 159 cm³/mol. The van der Waals surface area contributed by atoms with Crippen LogP contribution in [0.3, 0.4) is 0 Å². The van der Waals surface area contributed by atoms with E-state index in [1.54, 1.807) is 42.9 Å². The predicted octanol–water partition coefficient (Wildman–Crippen LogP) is 4.81. The van der Waals surface area contributed by atoms with Crippen LogP contribution in [0.1, 0.15) is 28.5 Å². The number of benzene rings is 2. The topological polar surface area (TPSA) is 140 Å². The van der Waals surface area contributed by atoms with Gasteiger partial charge in [-0.25, -0.2) is 9.37 Å². The molecule has 2 aromatic carbocycles. The van der Waals surface area contributed by atoms with Gasteiger partial charge in [0.2, 0.25) is 11.5 Å². The monoisotopic (exact) mass is 631 g/mol. The second-order valence-corrected chi connectivity index (χ2v) is 11.1. The Balaban J connectivity index is 1.42. The number of aromatic nitrogens is 3. The number of aliphatic hydroxyl groups is 1. The summed E-state index contributed by atoms with van der Waals surface area (Å²) in [4.78, 5) is 38.5. The minimum Gasteiger partial charge on any atom is -0.489 e. The zero-order valence-electron chi connectivity index (χ0n) is 24.1. The van der Waals surface area contributed by atoms with E-state index in [2.05, 4.69) is 20.3 Å². The normalized spacial score (nSPS) is 17.2. The number of amides is 2. The number of carbonyl (C=O) groups excluding carboxylic acids is 2. The molecule has 0 radical (unpaired) electrons. The maximum atomic E-state index is 14.8. The van der Waals surface area contributed by atoms with Gasteiger partial charge in [-0.05, 0) is 61.5 Å². The summed E-state index contributed by atoms with van der Waals surface area (Å²) in [6, 6.07) is 15.4. The van der Waals surface area contributed by atoms with Gasteiger partial charge < -0.3 is 20.9 Å². The summed E-state index contributed by atoms with van der Waals surface area (Å²) in [6.07, 6.45) is -0.655. The molecule has 0 fully saturated rings. The van der Waals surface area contributed by atoms with E-state index in [1.165, 1.54) is 31.2 Å². The molecule has 2 amide bonds. The number of halogens is 4. The molecule has 3 aromatic heterocycles. The van der Waals surface area contributed by atoms with Crippen LogP contribution in [-0.2, 0) is 15.8 Å². The van der Waals surface area contributed by atoms with Crippen LogP contribution in [0.25, 0.3) is 33.3 Å². The SMILES string of the molecule is C[C@]1(C(N)=O)COc2c1cc([C@@](O)(CNC(=O)c1cc(-c3cccnc3)c3ncccc3c1)C(F)(F)F)nc2-c1ccc(F)cc1. The van der Waals surface area contributed by atoms with E-state index in [9.17, 15) is 32.3 Å². The van der Waals surface area contributed by atoms with Crippen molar-refractivity contribution < 1.29 is 37.0 Å². The Bertz CT molecular complexity index is 1990. The number of rotatable bonds is 7. The maximum Gasteiger partial charge on any atom is 0.424 e. The van der Waals surface area contributed by atoms with Crippen molar-refractivity contribution in [3.05, 3.63) is 108 Å². The van der Waals surface area contributed by atoms with E-state index in [0.717, 1.165) is 18.2 Å². The van der Waals surface area contributed by atoms with Gasteiger partial charge >= 0.3 is 6.18 Å². The number of nitrogens with zero attached hydrogens (tertiary/aromatic N) is 3. The van der Waals surface area contributed by atoms with Crippen molar-refractivity contribution in [2.75, 3.05) is 13.2 Å². The lowest BCUT2D eigenvalue weighted by Gasteiger charge is -2.31. The first kappa shape index (κ1) is 30.6. The molecule has 0 saturated carbocycles. The second kappa shape index (κ2) is 11.2. The zero-order chi connectivity index (χ0) is 32.9. The quantitative estimate of drug-likeness (QED) is 0.219. The standard InChI is InChI=1S/C33H25F4N5O4/c1-31(30(38)44)17-46-28-24(31)14-25(42-27(28)18-6-8-22(34)9-7-18)32(45,33(35,36)37)16-41-29(43)21-12-19-4-3-11-40-26(19)23(13-21)20-5-2-10-39-15-20/h2-15,45H,16-17H2,1H3,(H2,38,44)(H,41,43)/t31-,32-/m0/s1. The van der Waals surface area contributed by atoms with Crippen molar-refractivity contribution in [1.82, 2.24) is 20.3 Å². The number of hydrogen-bond donors (Lipinski definition) is 3. The summed E-state index contributed by atoms with van der Waals surface area (Å²) in [5.41, 5.74) is 1.05. The average molecular weight is 632 g/mol. The van der Waals surface area contributed by atoms with E-state index < -0.39 is 47.1 Å². The van der Waals surface area contributed by atoms with Gasteiger partial charge in [-0.1, -0.05) is 12.1 Å². The van der Waals surface area contributed by atoms with Crippen LogP contribution in [0, 0.1) is 5.82 Å². The van der Waals surface area contributed by atoms with E-state index in [-0.39, 0.29) is 34.7 Å². The van der Waals surface area contributed by atoms with Crippen LogP contribution < -0.4 is 15.8 Å². The molecule has 0 spiro atoms. The van der Waals surface area contributed by atoms with Gasteiger partial charge in [-0.3, -0.25) is 19.6 Å². The van der Waals surface area contributed by atoms with Crippen molar-refractivity contribution in [3.8, 4) is 28.1 Å². The van der Waals surface area contributed by atoms with Crippen LogP contribution >= 0.6 is 0 Å². The zero-order valence-corrected chi connectivity index (χ0v) is 24.1. The Morgan fingerprint density at radius 2 is 1.78 bits per heavy atom. The van der Waals surface area contributed by atoms with Crippen molar-refractivity contribution in [2.45, 2.75) is 24.1 Å². The van der Waals surface area contributed by atoms with Crippen molar-refractivity contribution in [2.24, 2.45) is 5.73 Å². The van der Waals surface area contributed by atoms with Gasteiger partial charge in [-0.2, -0.15) is 13.2 Å². The smallest absolute Gasteiger partial charge is 0.424 e. The molecule has 13 heteroatoms. The summed E-state index contributed by atoms with van der Waals surface area (Å²) in [7, 11) is 0. The van der Waals surface area contributed by atoms with Crippen LogP contribution in [0.2, 0.25) is 0 Å². The summed E-state index contributed by atoms with van der Waals surface area (Å²) >= 11 is 0. The Morgan fingerprint density at radius 1 is 1.04 bits per heavy atom. The fourth-order valence-corrected chi connectivity index (χ4v) is 5.31. The molecule has 1 aliphatic rings. The molecule has 0 aliphatic carbocycles. The summed E-state index contributed by atoms with van der Waals surface area (Å²) in [5, 5.41) is 14.1. The van der Waals surface area contributed by atoms with Crippen LogP contribution in [-0.4, -0.2) is 51.2 Å². The van der Waals surface area contributed by atoms with E-state index in [0.29, 0.717) is 22.0 Å². The lowest BCUT2D eigenvalue weighted by molar-refractivity contribution is -0.265. The molecule has 6 rings (SSSR count). The van der Waals surface area contributed by atoms with Gasteiger partial charge in [-0.15, -0.1) is 0 Å². The molecule has 0 bridgehead atoms. The van der Waals surface area contributed by atoms with Crippen LogP contribution in [0.4, 0.5) is 17.6 Å². The number of nitrogens with one attached hydrogen (secondary N) is 1. The summed E-state index contributed by atoms with van der Waals surface area (Å²) in [6.45, 7) is -0.248. The molecule has 0 unspecified atom stereocenters. The third-order valence-electron chi connectivity index (χ3n) is 8.07. The van der Waals surface area contributed by atoms with Crippen molar-refractivity contribution >= 4 is 22.7 Å². The molecule has 1 aliphatic heterocycles. The molecule has 234 valence electrons. The average Bonchev–Trinajstić information content (AvgIpc) is 3.40. The fourth-order valence-electron chi connectivity index (χ4n) is 5.31. The number of ether oxygens (including phenoxy) is 1. The molecular weight excluding hydrogens is 606 g/mol. The number of primary amides is 1. The Kier molecular flexibility index (Phi) is 7.43. The summed E-state index contributed by atoms with van der Waals surface area (Å²) in [5.74, 6) is -2.43. The van der Waals surface area contributed by atoms with Gasteiger partial charge in [0, 0.05) is 51.8 Å². The first-order chi connectivity index (χ1) is 21.8. The minimum absolute atomic E-state index is 0.00694. The van der Waals surface area contributed by atoms with Gasteiger partial charge in [0.25, 0.3) is 5.91 Å². The van der Waals surface area contributed by atoms with Gasteiger partial charge in [0.1, 0.15) is 29.3 Å². The summed E-state index contributed by atoms with van der Waals surface area (Å²) < 4.78 is 63.8. The van der Waals surface area contributed by atoms with Crippen molar-refractivity contribution in [3.63, 3.8) is 0 Å². The highest BCUT2D eigenvalue weighted by Crippen LogP contribution is 2.47. The van der Waals surface area contributed by atoms with E-state index in [4.69, 9.17) is 10.5 Å². The van der Waals surface area contributed by atoms with E-state index >= 15 is 0 Å². The molecule has 4 heterocycles. The largest absolute Gasteiger partial charge is 0.489 e. The lowest BCUT2D eigenvalue weighted by atomic mass is 9.81. The maximum absolute atomic E-state index is 14.8. The highest BCUT2D eigenvalue weighted by atomic mass is 19.4. The minimum atomic E-state index is -5.36. The first-order valence-electron chi connectivity index (χ1n) is 13.9. The number of pyridine rings is 3.